The van der Waals surface area contributed by atoms with E-state index in [1.165, 1.54) is 6.07 Å². The zero-order valence-corrected chi connectivity index (χ0v) is 23.1. The van der Waals surface area contributed by atoms with Gasteiger partial charge in [0, 0.05) is 25.2 Å². The van der Waals surface area contributed by atoms with E-state index in [1.54, 1.807) is 41.3 Å². The number of halogens is 4. The van der Waals surface area contributed by atoms with Crippen molar-refractivity contribution in [1.82, 2.24) is 9.80 Å². The first-order chi connectivity index (χ1) is 19.6. The molecule has 5 rings (SSSR count). The number of nitrogens with zero attached hydrogens (tertiary/aromatic N) is 2. The quantitative estimate of drug-likeness (QED) is 0.413. The summed E-state index contributed by atoms with van der Waals surface area (Å²) in [6.45, 7) is 2.31. The Morgan fingerprint density at radius 2 is 1.73 bits per heavy atom. The molecule has 0 unspecified atom stereocenters. The predicted octanol–water partition coefficient (Wildman–Crippen LogP) is 5.65. The lowest BCUT2D eigenvalue weighted by Gasteiger charge is -2.47. The van der Waals surface area contributed by atoms with E-state index in [0.29, 0.717) is 75.0 Å². The van der Waals surface area contributed by atoms with Crippen molar-refractivity contribution < 1.29 is 31.9 Å². The third kappa shape index (κ3) is 6.37. The predicted molar refractivity (Wildman–Crippen MR) is 147 cm³/mol. The second-order valence-electron chi connectivity index (χ2n) is 11.8. The first-order valence-corrected chi connectivity index (χ1v) is 14.5. The van der Waals surface area contributed by atoms with Gasteiger partial charge in [-0.3, -0.25) is 9.59 Å². The minimum atomic E-state index is -4.16. The van der Waals surface area contributed by atoms with Gasteiger partial charge in [-0.25, -0.2) is 4.39 Å². The van der Waals surface area contributed by atoms with Crippen LogP contribution < -0.4 is 10.5 Å². The Bertz CT molecular complexity index is 1260. The molecule has 0 bridgehead atoms. The van der Waals surface area contributed by atoms with Crippen LogP contribution in [0.1, 0.15) is 55.3 Å². The number of rotatable bonds is 8. The second-order valence-corrected chi connectivity index (χ2v) is 11.8. The maximum Gasteiger partial charge on any atom is 0.395 e. The van der Waals surface area contributed by atoms with Gasteiger partial charge in [0.15, 0.2) is 11.6 Å². The van der Waals surface area contributed by atoms with Crippen LogP contribution in [0.4, 0.5) is 17.6 Å². The van der Waals surface area contributed by atoms with Crippen molar-refractivity contribution >= 4 is 11.8 Å². The zero-order chi connectivity index (χ0) is 29.2. The maximum atomic E-state index is 15.1. The fraction of sp³-hybridized carbons (Fsp3) is 0.548. The molecule has 2 aromatic rings. The topological polar surface area (TPSA) is 75.9 Å². The van der Waals surface area contributed by atoms with Crippen LogP contribution in [0.15, 0.2) is 42.5 Å². The number of carbonyl (C=O) groups is 2. The maximum absolute atomic E-state index is 15.1. The van der Waals surface area contributed by atoms with E-state index in [2.05, 4.69) is 0 Å². The van der Waals surface area contributed by atoms with Crippen LogP contribution in [-0.4, -0.2) is 67.1 Å². The Balaban J connectivity index is 1.18. The normalized spacial score (nSPS) is 21.8. The average Bonchev–Trinajstić information content (AvgIpc) is 2.94. The van der Waals surface area contributed by atoms with Gasteiger partial charge >= 0.3 is 6.18 Å². The summed E-state index contributed by atoms with van der Waals surface area (Å²) in [5, 5.41) is 0. The summed E-state index contributed by atoms with van der Waals surface area (Å²) < 4.78 is 61.6. The number of nitrogens with two attached hydrogens (primary N) is 1. The summed E-state index contributed by atoms with van der Waals surface area (Å²) in [5.41, 5.74) is 5.46. The summed E-state index contributed by atoms with van der Waals surface area (Å²) in [4.78, 5) is 28.6. The van der Waals surface area contributed by atoms with E-state index in [9.17, 15) is 22.8 Å². The van der Waals surface area contributed by atoms with Crippen molar-refractivity contribution in [3.05, 3.63) is 53.8 Å². The molecule has 222 valence electrons. The van der Waals surface area contributed by atoms with Gasteiger partial charge in [-0.2, -0.15) is 13.2 Å². The molecule has 2 aliphatic heterocycles. The molecule has 0 spiro atoms. The van der Waals surface area contributed by atoms with Gasteiger partial charge in [-0.15, -0.1) is 0 Å². The Hall–Kier alpha value is -3.14. The molecule has 2 saturated heterocycles. The second kappa shape index (κ2) is 12.0. The summed E-state index contributed by atoms with van der Waals surface area (Å²) >= 11 is 0. The molecule has 10 heteroatoms. The molecule has 3 fully saturated rings. The number of carbonyl (C=O) groups excluding carboxylic acids is 2. The number of benzene rings is 2. The van der Waals surface area contributed by atoms with Crippen LogP contribution in [0.2, 0.25) is 0 Å². The van der Waals surface area contributed by atoms with Gasteiger partial charge in [0.1, 0.15) is 0 Å². The molecule has 41 heavy (non-hydrogen) atoms. The lowest BCUT2D eigenvalue weighted by molar-refractivity contribution is -0.256. The standard InChI is InChI=1S/C31H37F4N3O3/c32-26-17-22(24-6-1-2-7-25(24)29(40)38-14-3-5-23(18-38)28(36)39)8-9-27(26)41-19-21-10-15-37(16-11-21)20-30(12-4-13-30)31(33,34)35/h1-2,6-9,17,21,23H,3-5,10-16,18-20H2,(H2,36,39)/t23-/m0/s1. The van der Waals surface area contributed by atoms with Crippen molar-refractivity contribution in [3.8, 4) is 16.9 Å². The molecule has 2 aromatic carbocycles. The van der Waals surface area contributed by atoms with Gasteiger partial charge in [0.05, 0.1) is 17.9 Å². The molecule has 1 saturated carbocycles. The first-order valence-electron chi connectivity index (χ1n) is 14.5. The monoisotopic (exact) mass is 575 g/mol. The summed E-state index contributed by atoms with van der Waals surface area (Å²) in [7, 11) is 0. The highest BCUT2D eigenvalue weighted by Gasteiger charge is 2.58. The number of likely N-dealkylation sites (tertiary alicyclic amines) is 2. The van der Waals surface area contributed by atoms with E-state index < -0.39 is 23.3 Å². The van der Waals surface area contributed by atoms with E-state index in [0.717, 1.165) is 0 Å². The van der Waals surface area contributed by atoms with Crippen LogP contribution in [0, 0.1) is 23.1 Å². The average molecular weight is 576 g/mol. The van der Waals surface area contributed by atoms with Crippen molar-refractivity contribution in [1.29, 1.82) is 0 Å². The number of hydrogen-bond donors (Lipinski definition) is 1. The number of ether oxygens (including phenoxy) is 1. The Kier molecular flexibility index (Phi) is 8.59. The van der Waals surface area contributed by atoms with Gasteiger partial charge in [0.2, 0.25) is 5.91 Å². The van der Waals surface area contributed by atoms with Crippen LogP contribution in [0.3, 0.4) is 0 Å². The number of hydrogen-bond acceptors (Lipinski definition) is 4. The highest BCUT2D eigenvalue weighted by Crippen LogP contribution is 2.53. The molecule has 0 aromatic heterocycles. The molecule has 3 aliphatic rings. The SMILES string of the molecule is NC(=O)[C@H]1CCCN(C(=O)c2ccccc2-c2ccc(OCC3CCN(CC4(C(F)(F)F)CCC4)CC3)c(F)c2)C1. The Morgan fingerprint density at radius 3 is 2.37 bits per heavy atom. The minimum absolute atomic E-state index is 0.0631. The Morgan fingerprint density at radius 1 is 1.00 bits per heavy atom. The number of amides is 2. The lowest BCUT2D eigenvalue weighted by atomic mass is 9.67. The molecule has 2 amide bonds. The molecule has 6 nitrogen and oxygen atoms in total. The van der Waals surface area contributed by atoms with Crippen LogP contribution in [0.25, 0.3) is 11.1 Å². The molecular weight excluding hydrogens is 538 g/mol. The number of alkyl halides is 3. The molecule has 2 heterocycles. The van der Waals surface area contributed by atoms with Gasteiger partial charge < -0.3 is 20.3 Å². The molecule has 1 atom stereocenters. The number of primary amides is 1. The first kappa shape index (κ1) is 29.4. The third-order valence-electron chi connectivity index (χ3n) is 9.13. The molecular formula is C31H37F4N3O3. The molecule has 2 N–H and O–H groups in total. The highest BCUT2D eigenvalue weighted by molar-refractivity contribution is 6.01. The van der Waals surface area contributed by atoms with Crippen molar-refractivity contribution in [2.45, 2.75) is 51.1 Å². The minimum Gasteiger partial charge on any atom is -0.490 e. The highest BCUT2D eigenvalue weighted by atomic mass is 19.4. The summed E-state index contributed by atoms with van der Waals surface area (Å²) in [6, 6.07) is 11.6. The zero-order valence-electron chi connectivity index (χ0n) is 23.1. The number of piperidine rings is 2. The summed E-state index contributed by atoms with van der Waals surface area (Å²) in [6.07, 6.45) is -0.355. The van der Waals surface area contributed by atoms with Crippen molar-refractivity contribution in [2.24, 2.45) is 23.0 Å². The van der Waals surface area contributed by atoms with Gasteiger partial charge in [0.25, 0.3) is 5.91 Å². The Labute approximate surface area is 237 Å². The molecule has 1 aliphatic carbocycles. The van der Waals surface area contributed by atoms with Crippen LogP contribution >= 0.6 is 0 Å². The van der Waals surface area contributed by atoms with Crippen molar-refractivity contribution in [3.63, 3.8) is 0 Å². The fourth-order valence-corrected chi connectivity index (χ4v) is 6.35. The van der Waals surface area contributed by atoms with Gasteiger partial charge in [-0.05, 0) is 86.9 Å². The van der Waals surface area contributed by atoms with E-state index in [4.69, 9.17) is 10.5 Å². The largest absolute Gasteiger partial charge is 0.490 e. The van der Waals surface area contributed by atoms with E-state index in [1.807, 2.05) is 4.90 Å². The fourth-order valence-electron chi connectivity index (χ4n) is 6.35. The summed E-state index contributed by atoms with van der Waals surface area (Å²) in [5.74, 6) is -1.32. The van der Waals surface area contributed by atoms with Crippen LogP contribution in [0.5, 0.6) is 5.75 Å². The van der Waals surface area contributed by atoms with Crippen molar-refractivity contribution in [2.75, 3.05) is 39.3 Å². The molecule has 0 radical (unpaired) electrons. The lowest BCUT2D eigenvalue weighted by Crippen LogP contribution is -2.53. The third-order valence-corrected chi connectivity index (χ3v) is 9.13. The smallest absolute Gasteiger partial charge is 0.395 e. The van der Waals surface area contributed by atoms with E-state index in [-0.39, 0.29) is 49.4 Å². The van der Waals surface area contributed by atoms with Gasteiger partial charge in [-0.1, -0.05) is 30.7 Å². The van der Waals surface area contributed by atoms with E-state index >= 15 is 4.39 Å². The van der Waals surface area contributed by atoms with Crippen LogP contribution in [-0.2, 0) is 4.79 Å².